The number of carboxylic acid groups (broad SMARTS) is 4. The molecule has 33 heavy (non-hydrogen) atoms. The SMILES string of the molecule is C[C@]12N[C@H](Cc3ccccc31)c1ccccc12.O=C(O)/C=C\C(=O)O.O=C(O)/C=C\C(=O)O. The third-order valence-electron chi connectivity index (χ3n) is 5.05. The molecule has 0 spiro atoms. The van der Waals surface area contributed by atoms with Crippen molar-refractivity contribution in [3.63, 3.8) is 0 Å². The van der Waals surface area contributed by atoms with Crippen molar-refractivity contribution in [3.05, 3.63) is 95.1 Å². The van der Waals surface area contributed by atoms with Crippen molar-refractivity contribution < 1.29 is 39.6 Å². The van der Waals surface area contributed by atoms with Gasteiger partial charge in [0.15, 0.2) is 0 Å². The molecule has 5 N–H and O–H groups in total. The van der Waals surface area contributed by atoms with Crippen molar-refractivity contribution >= 4 is 23.9 Å². The van der Waals surface area contributed by atoms with Gasteiger partial charge in [-0.1, -0.05) is 48.5 Å². The normalized spacial score (nSPS) is 19.4. The van der Waals surface area contributed by atoms with Crippen molar-refractivity contribution in [2.24, 2.45) is 0 Å². The van der Waals surface area contributed by atoms with Crippen LogP contribution in [0.3, 0.4) is 0 Å². The average Bonchev–Trinajstić information content (AvgIpc) is 3.00. The standard InChI is InChI=1S/C16H15N.2C4H4O4/c1-16-13-8-4-2-6-11(13)10-15(17-16)12-7-3-5-9-14(12)16;2*5-3(6)1-2-4(7)8/h2-9,15,17H,10H2,1H3;2*1-2H,(H,5,6)(H,7,8)/b;2*2-1-/t15-,16+;;/m1../s1. The molecule has 2 aromatic rings. The highest BCUT2D eigenvalue weighted by molar-refractivity contribution is 5.90. The summed E-state index contributed by atoms with van der Waals surface area (Å²) >= 11 is 0. The third kappa shape index (κ3) is 6.62. The molecule has 0 fully saturated rings. The fourth-order valence-electron chi connectivity index (χ4n) is 3.84. The van der Waals surface area contributed by atoms with Crippen molar-refractivity contribution in [3.8, 4) is 0 Å². The molecule has 0 saturated heterocycles. The molecule has 2 aromatic carbocycles. The number of carboxylic acids is 4. The second-order valence-corrected chi connectivity index (χ2v) is 7.29. The van der Waals surface area contributed by atoms with Gasteiger partial charge in [0.1, 0.15) is 0 Å². The van der Waals surface area contributed by atoms with Crippen LogP contribution < -0.4 is 5.32 Å². The van der Waals surface area contributed by atoms with Gasteiger partial charge in [-0.2, -0.15) is 0 Å². The van der Waals surface area contributed by atoms with Crippen molar-refractivity contribution in [2.75, 3.05) is 0 Å². The molecule has 9 heteroatoms. The van der Waals surface area contributed by atoms with E-state index in [0.29, 0.717) is 30.3 Å². The summed E-state index contributed by atoms with van der Waals surface area (Å²) in [6.07, 6.45) is 3.35. The van der Waals surface area contributed by atoms with Crippen LogP contribution in [0.1, 0.15) is 35.2 Å². The van der Waals surface area contributed by atoms with Crippen LogP contribution in [0.5, 0.6) is 0 Å². The number of hydrogen-bond donors (Lipinski definition) is 5. The number of fused-ring (bicyclic) bond motifs is 7. The van der Waals surface area contributed by atoms with E-state index < -0.39 is 23.9 Å². The van der Waals surface area contributed by atoms with Gasteiger partial charge in [0.2, 0.25) is 0 Å². The minimum atomic E-state index is -1.26. The monoisotopic (exact) mass is 453 g/mol. The molecule has 0 amide bonds. The highest BCUT2D eigenvalue weighted by Gasteiger charge is 2.45. The van der Waals surface area contributed by atoms with Crippen molar-refractivity contribution in [1.82, 2.24) is 5.32 Å². The van der Waals surface area contributed by atoms with Crippen LogP contribution in [0, 0.1) is 0 Å². The highest BCUT2D eigenvalue weighted by atomic mass is 16.4. The molecule has 2 heterocycles. The number of nitrogens with one attached hydrogen (secondary N) is 1. The van der Waals surface area contributed by atoms with Gasteiger partial charge in [0.25, 0.3) is 0 Å². The fourth-order valence-corrected chi connectivity index (χ4v) is 3.84. The number of carbonyl (C=O) groups is 4. The largest absolute Gasteiger partial charge is 0.478 e. The fraction of sp³-hybridized carbons (Fsp3) is 0.167. The number of aliphatic carboxylic acids is 4. The van der Waals surface area contributed by atoms with Gasteiger partial charge in [-0.25, -0.2) is 19.2 Å². The zero-order valence-corrected chi connectivity index (χ0v) is 17.6. The van der Waals surface area contributed by atoms with Crippen LogP contribution in [-0.4, -0.2) is 44.3 Å². The van der Waals surface area contributed by atoms with Crippen molar-refractivity contribution in [2.45, 2.75) is 24.9 Å². The van der Waals surface area contributed by atoms with Crippen LogP contribution in [0.4, 0.5) is 0 Å². The summed E-state index contributed by atoms with van der Waals surface area (Å²) in [6.45, 7) is 2.31. The molecule has 9 nitrogen and oxygen atoms in total. The Morgan fingerprint density at radius 3 is 1.67 bits per heavy atom. The van der Waals surface area contributed by atoms with Crippen molar-refractivity contribution in [1.29, 1.82) is 0 Å². The Labute approximate surface area is 189 Å². The molecule has 2 aliphatic heterocycles. The van der Waals surface area contributed by atoms with E-state index in [-0.39, 0.29) is 5.54 Å². The van der Waals surface area contributed by atoms with Crippen LogP contribution in [0.15, 0.2) is 72.8 Å². The second kappa shape index (κ2) is 10.9. The lowest BCUT2D eigenvalue weighted by atomic mass is 9.82. The molecular formula is C24H23NO8. The lowest BCUT2D eigenvalue weighted by Gasteiger charge is -2.34. The molecule has 2 bridgehead atoms. The molecule has 2 aliphatic rings. The molecular weight excluding hydrogens is 430 g/mol. The first kappa shape index (κ1) is 25.0. The molecule has 0 unspecified atom stereocenters. The summed E-state index contributed by atoms with van der Waals surface area (Å²) in [4.78, 5) is 38.2. The summed E-state index contributed by atoms with van der Waals surface area (Å²) in [6, 6.07) is 18.2. The molecule has 4 rings (SSSR count). The maximum Gasteiger partial charge on any atom is 0.328 e. The zero-order chi connectivity index (χ0) is 24.6. The van der Waals surface area contributed by atoms with E-state index in [1.54, 1.807) is 0 Å². The quantitative estimate of drug-likeness (QED) is 0.438. The van der Waals surface area contributed by atoms with E-state index in [2.05, 4.69) is 60.8 Å². The van der Waals surface area contributed by atoms with Gasteiger partial charge in [-0.3, -0.25) is 5.32 Å². The van der Waals surface area contributed by atoms with Gasteiger partial charge in [-0.15, -0.1) is 0 Å². The molecule has 0 radical (unpaired) electrons. The molecule has 0 saturated carbocycles. The summed E-state index contributed by atoms with van der Waals surface area (Å²) in [7, 11) is 0. The number of benzene rings is 2. The van der Waals surface area contributed by atoms with Crippen LogP contribution in [0.2, 0.25) is 0 Å². The zero-order valence-electron chi connectivity index (χ0n) is 17.6. The summed E-state index contributed by atoms with van der Waals surface area (Å²) in [5.74, 6) is -5.03. The Kier molecular flexibility index (Phi) is 8.24. The van der Waals surface area contributed by atoms with Gasteiger partial charge < -0.3 is 20.4 Å². The first-order valence-electron chi connectivity index (χ1n) is 9.78. The van der Waals surface area contributed by atoms with E-state index in [9.17, 15) is 19.2 Å². The number of hydrogen-bond acceptors (Lipinski definition) is 5. The van der Waals surface area contributed by atoms with E-state index >= 15 is 0 Å². The van der Waals surface area contributed by atoms with E-state index in [1.165, 1.54) is 22.3 Å². The summed E-state index contributed by atoms with van der Waals surface area (Å²) in [5, 5.41) is 35.0. The topological polar surface area (TPSA) is 161 Å². The summed E-state index contributed by atoms with van der Waals surface area (Å²) in [5.41, 5.74) is 5.88. The van der Waals surface area contributed by atoms with Gasteiger partial charge in [0, 0.05) is 30.3 Å². The maximum atomic E-state index is 9.55. The van der Waals surface area contributed by atoms with E-state index in [0.717, 1.165) is 6.42 Å². The molecule has 2 atom stereocenters. The van der Waals surface area contributed by atoms with E-state index in [1.807, 2.05) is 0 Å². The first-order chi connectivity index (χ1) is 15.5. The summed E-state index contributed by atoms with van der Waals surface area (Å²) < 4.78 is 0. The van der Waals surface area contributed by atoms with Gasteiger partial charge in [0.05, 0.1) is 5.54 Å². The predicted molar refractivity (Wildman–Crippen MR) is 118 cm³/mol. The Balaban J connectivity index is 0.000000205. The predicted octanol–water partition coefficient (Wildman–Crippen LogP) is 2.57. The maximum absolute atomic E-state index is 9.55. The third-order valence-corrected chi connectivity index (χ3v) is 5.05. The Hall–Kier alpha value is -4.24. The van der Waals surface area contributed by atoms with E-state index in [4.69, 9.17) is 20.4 Å². The minimum Gasteiger partial charge on any atom is -0.478 e. The number of rotatable bonds is 4. The molecule has 172 valence electrons. The van der Waals surface area contributed by atoms with Crippen LogP contribution in [0.25, 0.3) is 0 Å². The Morgan fingerprint density at radius 1 is 0.758 bits per heavy atom. The highest BCUT2D eigenvalue weighted by Crippen LogP contribution is 2.47. The second-order valence-electron chi connectivity index (χ2n) is 7.29. The Bertz CT molecular complexity index is 1040. The van der Waals surface area contributed by atoms with Gasteiger partial charge >= 0.3 is 23.9 Å². The Morgan fingerprint density at radius 2 is 1.18 bits per heavy atom. The van der Waals surface area contributed by atoms with Crippen LogP contribution >= 0.6 is 0 Å². The molecule has 0 aromatic heterocycles. The first-order valence-corrected chi connectivity index (χ1v) is 9.78. The minimum absolute atomic E-state index is 0.0100. The lowest BCUT2D eigenvalue weighted by Crippen LogP contribution is -2.41. The van der Waals surface area contributed by atoms with Gasteiger partial charge in [-0.05, 0) is 35.6 Å². The smallest absolute Gasteiger partial charge is 0.328 e. The van der Waals surface area contributed by atoms with Crippen LogP contribution in [-0.2, 0) is 31.1 Å². The lowest BCUT2D eigenvalue weighted by molar-refractivity contribution is -0.134. The molecule has 0 aliphatic carbocycles. The average molecular weight is 453 g/mol.